The summed E-state index contributed by atoms with van der Waals surface area (Å²) in [5, 5.41) is 14.6. The molecule has 0 aliphatic rings. The number of carbonyl (C=O) groups excluding carboxylic acids is 1. The van der Waals surface area contributed by atoms with Gasteiger partial charge in [-0.3, -0.25) is 4.79 Å². The predicted octanol–water partition coefficient (Wildman–Crippen LogP) is 3.06. The van der Waals surface area contributed by atoms with Crippen LogP contribution in [0, 0.1) is 5.92 Å². The van der Waals surface area contributed by atoms with Gasteiger partial charge in [0.25, 0.3) is 0 Å². The molecule has 1 rings (SSSR count). The summed E-state index contributed by atoms with van der Waals surface area (Å²) < 4.78 is 0. The molecule has 0 aliphatic heterocycles. The lowest BCUT2D eigenvalue weighted by atomic mass is 10.0. The van der Waals surface area contributed by atoms with E-state index < -0.39 is 6.10 Å². The number of hydrogen-bond acceptors (Lipinski definition) is 4. The van der Waals surface area contributed by atoms with Crippen LogP contribution >= 0.6 is 23.1 Å². The third kappa shape index (κ3) is 5.55. The predicted molar refractivity (Wildman–Crippen MR) is 83.6 cm³/mol. The maximum atomic E-state index is 12.0. The zero-order chi connectivity index (χ0) is 14.4. The van der Waals surface area contributed by atoms with Gasteiger partial charge in [0, 0.05) is 10.1 Å². The van der Waals surface area contributed by atoms with E-state index in [2.05, 4.69) is 25.2 Å². The number of nitrogens with one attached hydrogen (secondary N) is 1. The SMILES string of the molecule is CC(C)C(NC(=O)CSC(C)C(C)O)c1cccs1. The fourth-order valence-electron chi connectivity index (χ4n) is 1.60. The van der Waals surface area contributed by atoms with Crippen LogP contribution in [0.25, 0.3) is 0 Å². The van der Waals surface area contributed by atoms with E-state index in [9.17, 15) is 9.90 Å². The van der Waals surface area contributed by atoms with E-state index in [0.29, 0.717) is 11.7 Å². The summed E-state index contributed by atoms with van der Waals surface area (Å²) in [5.74, 6) is 0.784. The molecule has 3 unspecified atom stereocenters. The molecule has 0 saturated heterocycles. The van der Waals surface area contributed by atoms with Crippen LogP contribution < -0.4 is 5.32 Å². The van der Waals surface area contributed by atoms with Crippen LogP contribution in [0.3, 0.4) is 0 Å². The van der Waals surface area contributed by atoms with Crippen LogP contribution in [0.1, 0.15) is 38.6 Å². The molecule has 1 heterocycles. The Kier molecular flexibility index (Phi) is 6.89. The first-order valence-electron chi connectivity index (χ1n) is 6.54. The smallest absolute Gasteiger partial charge is 0.230 e. The highest BCUT2D eigenvalue weighted by molar-refractivity contribution is 8.00. The van der Waals surface area contributed by atoms with Crippen molar-refractivity contribution in [1.82, 2.24) is 5.32 Å². The van der Waals surface area contributed by atoms with E-state index in [-0.39, 0.29) is 17.2 Å². The van der Waals surface area contributed by atoms with E-state index in [1.807, 2.05) is 18.4 Å². The average molecular weight is 301 g/mol. The molecule has 0 radical (unpaired) electrons. The van der Waals surface area contributed by atoms with E-state index >= 15 is 0 Å². The molecule has 0 spiro atoms. The zero-order valence-corrected chi connectivity index (χ0v) is 13.6. The van der Waals surface area contributed by atoms with Crippen molar-refractivity contribution in [2.24, 2.45) is 5.92 Å². The molecular formula is C14H23NO2S2. The second-order valence-corrected chi connectivity index (χ2v) is 7.41. The van der Waals surface area contributed by atoms with E-state index in [4.69, 9.17) is 0 Å². The van der Waals surface area contributed by atoms with E-state index in [1.54, 1.807) is 18.3 Å². The summed E-state index contributed by atoms with van der Waals surface area (Å²) in [6.45, 7) is 7.90. The minimum atomic E-state index is -0.393. The lowest BCUT2D eigenvalue weighted by Gasteiger charge is -2.22. The number of hydrogen-bond donors (Lipinski definition) is 2. The number of aliphatic hydroxyl groups excluding tert-OH is 1. The summed E-state index contributed by atoms with van der Waals surface area (Å²) in [7, 11) is 0. The first-order chi connectivity index (χ1) is 8.91. The average Bonchev–Trinajstić information content (AvgIpc) is 2.85. The third-order valence-corrected chi connectivity index (χ3v) is 5.29. The van der Waals surface area contributed by atoms with Crippen molar-refractivity contribution in [3.05, 3.63) is 22.4 Å². The topological polar surface area (TPSA) is 49.3 Å². The van der Waals surface area contributed by atoms with Crippen molar-refractivity contribution in [1.29, 1.82) is 0 Å². The molecule has 0 saturated carbocycles. The Morgan fingerprint density at radius 1 is 1.42 bits per heavy atom. The Balaban J connectivity index is 2.49. The van der Waals surface area contributed by atoms with Crippen molar-refractivity contribution < 1.29 is 9.90 Å². The highest BCUT2D eigenvalue weighted by Crippen LogP contribution is 2.26. The highest BCUT2D eigenvalue weighted by Gasteiger charge is 2.20. The minimum absolute atomic E-state index is 0.0320. The fraction of sp³-hybridized carbons (Fsp3) is 0.643. The maximum Gasteiger partial charge on any atom is 0.230 e. The first kappa shape index (κ1) is 16.5. The molecule has 0 bridgehead atoms. The van der Waals surface area contributed by atoms with Crippen molar-refractivity contribution in [3.63, 3.8) is 0 Å². The summed E-state index contributed by atoms with van der Waals surface area (Å²) >= 11 is 3.15. The molecule has 1 aromatic rings. The molecule has 0 aliphatic carbocycles. The van der Waals surface area contributed by atoms with Crippen LogP contribution in [-0.4, -0.2) is 28.1 Å². The number of thiophene rings is 1. The van der Waals surface area contributed by atoms with Crippen LogP contribution in [0.15, 0.2) is 17.5 Å². The Morgan fingerprint density at radius 2 is 2.11 bits per heavy atom. The molecule has 3 nitrogen and oxygen atoms in total. The summed E-state index contributed by atoms with van der Waals surface area (Å²) in [6.07, 6.45) is -0.393. The van der Waals surface area contributed by atoms with Crippen LogP contribution in [-0.2, 0) is 4.79 Å². The number of rotatable bonds is 7. The van der Waals surface area contributed by atoms with Crippen molar-refractivity contribution in [2.45, 2.75) is 45.1 Å². The molecule has 0 aromatic carbocycles. The summed E-state index contributed by atoms with van der Waals surface area (Å²) in [5.41, 5.74) is 0. The van der Waals surface area contributed by atoms with Gasteiger partial charge in [-0.2, -0.15) is 0 Å². The van der Waals surface area contributed by atoms with E-state index in [0.717, 1.165) is 0 Å². The minimum Gasteiger partial charge on any atom is -0.392 e. The van der Waals surface area contributed by atoms with E-state index in [1.165, 1.54) is 16.6 Å². The second kappa shape index (κ2) is 7.92. The van der Waals surface area contributed by atoms with Crippen LogP contribution in [0.5, 0.6) is 0 Å². The molecule has 1 aromatic heterocycles. The first-order valence-corrected chi connectivity index (χ1v) is 8.47. The molecule has 1 amide bonds. The molecule has 5 heteroatoms. The van der Waals surface area contributed by atoms with Crippen molar-refractivity contribution >= 4 is 29.0 Å². The van der Waals surface area contributed by atoms with Gasteiger partial charge in [-0.15, -0.1) is 23.1 Å². The summed E-state index contributed by atoms with van der Waals surface area (Å²) in [4.78, 5) is 13.2. The molecule has 19 heavy (non-hydrogen) atoms. The fourth-order valence-corrected chi connectivity index (χ4v) is 3.32. The van der Waals surface area contributed by atoms with Crippen LogP contribution in [0.2, 0.25) is 0 Å². The van der Waals surface area contributed by atoms with Gasteiger partial charge in [0.1, 0.15) is 0 Å². The van der Waals surface area contributed by atoms with Gasteiger partial charge in [-0.05, 0) is 24.3 Å². The van der Waals surface area contributed by atoms with Gasteiger partial charge >= 0.3 is 0 Å². The number of thioether (sulfide) groups is 1. The van der Waals surface area contributed by atoms with Crippen molar-refractivity contribution in [2.75, 3.05) is 5.75 Å². The Morgan fingerprint density at radius 3 is 2.58 bits per heavy atom. The largest absolute Gasteiger partial charge is 0.392 e. The second-order valence-electron chi connectivity index (χ2n) is 5.06. The Hall–Kier alpha value is -0.520. The summed E-state index contributed by atoms with van der Waals surface area (Å²) in [6, 6.07) is 4.14. The number of carbonyl (C=O) groups is 1. The quantitative estimate of drug-likeness (QED) is 0.814. The van der Waals surface area contributed by atoms with Gasteiger partial charge in [0.15, 0.2) is 0 Å². The molecule has 3 atom stereocenters. The van der Waals surface area contributed by atoms with Gasteiger partial charge in [0.2, 0.25) is 5.91 Å². The van der Waals surface area contributed by atoms with Gasteiger partial charge < -0.3 is 10.4 Å². The zero-order valence-electron chi connectivity index (χ0n) is 11.9. The lowest BCUT2D eigenvalue weighted by molar-refractivity contribution is -0.119. The van der Waals surface area contributed by atoms with Crippen molar-refractivity contribution in [3.8, 4) is 0 Å². The third-order valence-electron chi connectivity index (χ3n) is 2.99. The Labute approximate surface area is 123 Å². The molecule has 108 valence electrons. The number of amides is 1. The van der Waals surface area contributed by atoms with Crippen LogP contribution in [0.4, 0.5) is 0 Å². The number of aliphatic hydroxyl groups is 1. The molecule has 2 N–H and O–H groups in total. The molecule has 0 fully saturated rings. The monoisotopic (exact) mass is 301 g/mol. The van der Waals surface area contributed by atoms with Gasteiger partial charge in [-0.1, -0.05) is 26.8 Å². The maximum absolute atomic E-state index is 12.0. The molecular weight excluding hydrogens is 278 g/mol. The normalized spacial score (nSPS) is 16.1. The Bertz CT molecular complexity index is 377. The standard InChI is InChI=1S/C14H23NO2S2/c1-9(2)14(12-6-5-7-18-12)15-13(17)8-19-11(4)10(3)16/h5-7,9-11,14,16H,8H2,1-4H3,(H,15,17). The van der Waals surface area contributed by atoms with Gasteiger partial charge in [0.05, 0.1) is 17.9 Å². The highest BCUT2D eigenvalue weighted by atomic mass is 32.2. The van der Waals surface area contributed by atoms with Gasteiger partial charge in [-0.25, -0.2) is 0 Å². The lowest BCUT2D eigenvalue weighted by Crippen LogP contribution is -2.33.